The highest BCUT2D eigenvalue weighted by Gasteiger charge is 2.06. The Labute approximate surface area is 90.5 Å². The van der Waals surface area contributed by atoms with Crippen LogP contribution in [0.4, 0.5) is 0 Å². The van der Waals surface area contributed by atoms with Gasteiger partial charge in [-0.3, -0.25) is 4.79 Å². The Morgan fingerprint density at radius 3 is 3.07 bits per heavy atom. The lowest BCUT2D eigenvalue weighted by molar-refractivity contribution is 0.0924. The van der Waals surface area contributed by atoms with Crippen molar-refractivity contribution >= 4 is 21.8 Å². The largest absolute Gasteiger partial charge is 0.392 e. The summed E-state index contributed by atoms with van der Waals surface area (Å²) in [5.74, 6) is -0.214. The van der Waals surface area contributed by atoms with Gasteiger partial charge in [0.05, 0.1) is 6.10 Å². The molecule has 76 valence electrons. The summed E-state index contributed by atoms with van der Waals surface area (Å²) >= 11 is 3.17. The van der Waals surface area contributed by atoms with E-state index in [4.69, 9.17) is 5.11 Å². The van der Waals surface area contributed by atoms with Crippen LogP contribution in [0.5, 0.6) is 0 Å². The maximum Gasteiger partial charge on any atom is 0.251 e. The van der Waals surface area contributed by atoms with E-state index < -0.39 is 6.10 Å². The molecule has 1 heterocycles. The molecule has 0 fully saturated rings. The number of hydrogen-bond donors (Lipinski definition) is 2. The van der Waals surface area contributed by atoms with Gasteiger partial charge >= 0.3 is 0 Å². The molecule has 0 aromatic carbocycles. The standard InChI is InChI=1S/C9H11BrN2O2/c1-6(13)5-12-9(14)7-2-3-11-8(10)4-7/h2-4,6,13H,5H2,1H3,(H,12,14). The van der Waals surface area contributed by atoms with Gasteiger partial charge < -0.3 is 10.4 Å². The van der Waals surface area contributed by atoms with Crippen molar-refractivity contribution in [3.63, 3.8) is 0 Å². The first-order valence-corrected chi connectivity index (χ1v) is 4.96. The van der Waals surface area contributed by atoms with Gasteiger partial charge in [-0.15, -0.1) is 0 Å². The van der Waals surface area contributed by atoms with Gasteiger partial charge in [0.15, 0.2) is 0 Å². The van der Waals surface area contributed by atoms with E-state index in [1.807, 2.05) is 0 Å². The van der Waals surface area contributed by atoms with E-state index in [1.165, 1.54) is 0 Å². The SMILES string of the molecule is CC(O)CNC(=O)c1ccnc(Br)c1. The molecular weight excluding hydrogens is 248 g/mol. The second-order valence-corrected chi connectivity index (χ2v) is 3.74. The molecule has 0 bridgehead atoms. The maximum absolute atomic E-state index is 11.4. The number of hydrogen-bond acceptors (Lipinski definition) is 3. The first kappa shape index (κ1) is 11.1. The van der Waals surface area contributed by atoms with Gasteiger partial charge in [-0.25, -0.2) is 4.98 Å². The Morgan fingerprint density at radius 2 is 2.50 bits per heavy atom. The Balaban J connectivity index is 2.61. The fraction of sp³-hybridized carbons (Fsp3) is 0.333. The van der Waals surface area contributed by atoms with Crippen LogP contribution in [0.25, 0.3) is 0 Å². The van der Waals surface area contributed by atoms with E-state index >= 15 is 0 Å². The highest BCUT2D eigenvalue weighted by molar-refractivity contribution is 9.10. The summed E-state index contributed by atoms with van der Waals surface area (Å²) in [6, 6.07) is 3.24. The molecule has 0 aliphatic rings. The van der Waals surface area contributed by atoms with E-state index in [-0.39, 0.29) is 12.5 Å². The average molecular weight is 259 g/mol. The number of carbonyl (C=O) groups is 1. The number of carbonyl (C=O) groups excluding carboxylic acids is 1. The Kier molecular flexibility index (Phi) is 4.03. The summed E-state index contributed by atoms with van der Waals surface area (Å²) in [5.41, 5.74) is 0.521. The van der Waals surface area contributed by atoms with Gasteiger partial charge in [0, 0.05) is 18.3 Å². The van der Waals surface area contributed by atoms with Crippen LogP contribution in [0.1, 0.15) is 17.3 Å². The molecule has 0 aliphatic heterocycles. The monoisotopic (exact) mass is 258 g/mol. The number of amides is 1. The van der Waals surface area contributed by atoms with Gasteiger partial charge in [0.2, 0.25) is 0 Å². The molecule has 5 heteroatoms. The molecule has 0 aliphatic carbocycles. The predicted molar refractivity (Wildman–Crippen MR) is 56.0 cm³/mol. The first-order chi connectivity index (χ1) is 6.59. The maximum atomic E-state index is 11.4. The number of rotatable bonds is 3. The zero-order valence-corrected chi connectivity index (χ0v) is 9.28. The van der Waals surface area contributed by atoms with E-state index in [9.17, 15) is 4.79 Å². The molecule has 0 saturated heterocycles. The summed E-state index contributed by atoms with van der Waals surface area (Å²) < 4.78 is 0.613. The molecule has 1 aromatic rings. The second kappa shape index (κ2) is 5.07. The molecule has 4 nitrogen and oxygen atoms in total. The Morgan fingerprint density at radius 1 is 1.79 bits per heavy atom. The number of pyridine rings is 1. The zero-order valence-electron chi connectivity index (χ0n) is 7.70. The van der Waals surface area contributed by atoms with Gasteiger partial charge in [0.1, 0.15) is 4.60 Å². The molecule has 0 spiro atoms. The third-order valence-corrected chi connectivity index (χ3v) is 1.98. The van der Waals surface area contributed by atoms with Crippen LogP contribution in [0, 0.1) is 0 Å². The van der Waals surface area contributed by atoms with E-state index in [0.717, 1.165) is 0 Å². The van der Waals surface area contributed by atoms with E-state index in [2.05, 4.69) is 26.2 Å². The fourth-order valence-electron chi connectivity index (χ4n) is 0.886. The van der Waals surface area contributed by atoms with Crippen LogP contribution >= 0.6 is 15.9 Å². The van der Waals surface area contributed by atoms with Crippen LogP contribution < -0.4 is 5.32 Å². The summed E-state index contributed by atoms with van der Waals surface area (Å²) in [6.07, 6.45) is 1.01. The van der Waals surface area contributed by atoms with Crippen LogP contribution in [0.2, 0.25) is 0 Å². The van der Waals surface area contributed by atoms with Crippen LogP contribution in [0.15, 0.2) is 22.9 Å². The number of nitrogens with one attached hydrogen (secondary N) is 1. The summed E-state index contributed by atoms with van der Waals surface area (Å²) in [7, 11) is 0. The third kappa shape index (κ3) is 3.43. The van der Waals surface area contributed by atoms with Gasteiger partial charge in [-0.1, -0.05) is 0 Å². The number of halogens is 1. The minimum absolute atomic E-state index is 0.214. The van der Waals surface area contributed by atoms with Crippen LogP contribution in [-0.4, -0.2) is 28.6 Å². The van der Waals surface area contributed by atoms with Crippen molar-refractivity contribution in [2.24, 2.45) is 0 Å². The van der Waals surface area contributed by atoms with Crippen LogP contribution in [-0.2, 0) is 0 Å². The Hall–Kier alpha value is -0.940. The third-order valence-electron chi connectivity index (χ3n) is 1.55. The summed E-state index contributed by atoms with van der Waals surface area (Å²) in [5, 5.41) is 11.6. The predicted octanol–water partition coefficient (Wildman–Crippen LogP) is 0.955. The molecule has 14 heavy (non-hydrogen) atoms. The summed E-state index contributed by atoms with van der Waals surface area (Å²) in [4.78, 5) is 15.3. The van der Waals surface area contributed by atoms with Crippen molar-refractivity contribution in [1.82, 2.24) is 10.3 Å². The lowest BCUT2D eigenvalue weighted by Gasteiger charge is -2.06. The number of aliphatic hydroxyl groups is 1. The second-order valence-electron chi connectivity index (χ2n) is 2.93. The molecule has 1 rings (SSSR count). The van der Waals surface area contributed by atoms with Gasteiger partial charge in [-0.2, -0.15) is 0 Å². The zero-order chi connectivity index (χ0) is 10.6. The molecule has 0 radical (unpaired) electrons. The van der Waals surface area contributed by atoms with Crippen LogP contribution in [0.3, 0.4) is 0 Å². The molecule has 1 atom stereocenters. The lowest BCUT2D eigenvalue weighted by atomic mass is 10.2. The van der Waals surface area contributed by atoms with E-state index in [1.54, 1.807) is 25.3 Å². The van der Waals surface area contributed by atoms with Crippen molar-refractivity contribution in [3.05, 3.63) is 28.5 Å². The minimum Gasteiger partial charge on any atom is -0.392 e. The molecule has 2 N–H and O–H groups in total. The van der Waals surface area contributed by atoms with Crippen molar-refractivity contribution in [2.45, 2.75) is 13.0 Å². The van der Waals surface area contributed by atoms with Gasteiger partial charge in [0.25, 0.3) is 5.91 Å². The molecular formula is C9H11BrN2O2. The minimum atomic E-state index is -0.538. The van der Waals surface area contributed by atoms with Crippen molar-refractivity contribution < 1.29 is 9.90 Å². The lowest BCUT2D eigenvalue weighted by Crippen LogP contribution is -2.30. The van der Waals surface area contributed by atoms with Gasteiger partial charge in [-0.05, 0) is 35.0 Å². The Bertz CT molecular complexity index is 328. The molecule has 1 amide bonds. The van der Waals surface area contributed by atoms with Crippen molar-refractivity contribution in [2.75, 3.05) is 6.54 Å². The topological polar surface area (TPSA) is 62.2 Å². The first-order valence-electron chi connectivity index (χ1n) is 4.17. The highest BCUT2D eigenvalue weighted by atomic mass is 79.9. The average Bonchev–Trinajstić information content (AvgIpc) is 2.14. The fourth-order valence-corrected chi connectivity index (χ4v) is 1.25. The van der Waals surface area contributed by atoms with Crippen molar-refractivity contribution in [3.8, 4) is 0 Å². The smallest absolute Gasteiger partial charge is 0.251 e. The number of aliphatic hydroxyl groups excluding tert-OH is 1. The molecule has 1 aromatic heterocycles. The van der Waals surface area contributed by atoms with E-state index in [0.29, 0.717) is 10.2 Å². The summed E-state index contributed by atoms with van der Waals surface area (Å²) in [6.45, 7) is 1.86. The number of nitrogens with zero attached hydrogens (tertiary/aromatic N) is 1. The molecule has 0 saturated carbocycles. The normalized spacial score (nSPS) is 12.2. The highest BCUT2D eigenvalue weighted by Crippen LogP contribution is 2.07. The van der Waals surface area contributed by atoms with Crippen molar-refractivity contribution in [1.29, 1.82) is 0 Å². The number of aromatic nitrogens is 1. The molecule has 1 unspecified atom stereocenters. The quantitative estimate of drug-likeness (QED) is 0.794.